The van der Waals surface area contributed by atoms with Gasteiger partial charge in [0.05, 0.1) is 5.88 Å². The quantitative estimate of drug-likeness (QED) is 0.585. The molecule has 0 aliphatic rings. The van der Waals surface area contributed by atoms with E-state index < -0.39 is 0 Å². The third-order valence-corrected chi connectivity index (χ3v) is 3.11. The minimum atomic E-state index is -0.0338. The number of alkyl halides is 1. The van der Waals surface area contributed by atoms with Crippen LogP contribution in [0.4, 0.5) is 0 Å². The van der Waals surface area contributed by atoms with Crippen molar-refractivity contribution < 1.29 is 4.79 Å². The Bertz CT molecular complexity index is 445. The molecule has 0 unspecified atom stereocenters. The van der Waals surface area contributed by atoms with E-state index in [1.54, 1.807) is 11.3 Å². The van der Waals surface area contributed by atoms with Crippen LogP contribution in [0.25, 0.3) is 11.1 Å². The summed E-state index contributed by atoms with van der Waals surface area (Å²) in [7, 11) is 0. The van der Waals surface area contributed by atoms with Crippen LogP contribution in [0.5, 0.6) is 0 Å². The van der Waals surface area contributed by atoms with Crippen molar-refractivity contribution in [3.8, 4) is 11.1 Å². The lowest BCUT2D eigenvalue weighted by molar-refractivity contribution is 0.102. The molecule has 15 heavy (non-hydrogen) atoms. The van der Waals surface area contributed by atoms with Crippen molar-refractivity contribution in [1.82, 2.24) is 0 Å². The Morgan fingerprint density at radius 2 is 1.87 bits per heavy atom. The van der Waals surface area contributed by atoms with Crippen molar-refractivity contribution in [2.75, 3.05) is 5.88 Å². The number of halogens is 1. The molecular formula is C12H9ClOS. The summed E-state index contributed by atoms with van der Waals surface area (Å²) in [6.45, 7) is 0. The maximum atomic E-state index is 11.3. The smallest absolute Gasteiger partial charge is 0.177 e. The number of carbonyl (C=O) groups excluding carboxylic acids is 1. The van der Waals surface area contributed by atoms with E-state index in [2.05, 4.69) is 11.4 Å². The predicted octanol–water partition coefficient (Wildman–Crippen LogP) is 3.84. The predicted molar refractivity (Wildman–Crippen MR) is 64.8 cm³/mol. The van der Waals surface area contributed by atoms with E-state index in [4.69, 9.17) is 11.6 Å². The van der Waals surface area contributed by atoms with E-state index in [1.165, 1.54) is 5.56 Å². The number of rotatable bonds is 3. The molecule has 1 aromatic carbocycles. The molecule has 3 heteroatoms. The standard InChI is InChI=1S/C12H9ClOS/c13-7-12(14)10-3-1-9(2-4-10)11-5-6-15-8-11/h1-6,8H,7H2. The molecule has 0 aliphatic heterocycles. The molecule has 0 aliphatic carbocycles. The zero-order valence-electron chi connectivity index (χ0n) is 7.94. The van der Waals surface area contributed by atoms with Gasteiger partial charge in [0.1, 0.15) is 0 Å². The van der Waals surface area contributed by atoms with E-state index >= 15 is 0 Å². The fourth-order valence-electron chi connectivity index (χ4n) is 1.35. The van der Waals surface area contributed by atoms with Gasteiger partial charge in [-0.15, -0.1) is 11.6 Å². The van der Waals surface area contributed by atoms with Crippen LogP contribution in [0.2, 0.25) is 0 Å². The van der Waals surface area contributed by atoms with Gasteiger partial charge in [0, 0.05) is 5.56 Å². The lowest BCUT2D eigenvalue weighted by atomic mass is 10.1. The molecule has 0 amide bonds. The van der Waals surface area contributed by atoms with Crippen LogP contribution in [-0.2, 0) is 0 Å². The summed E-state index contributed by atoms with van der Waals surface area (Å²) in [5, 5.41) is 4.12. The van der Waals surface area contributed by atoms with Gasteiger partial charge in [0.2, 0.25) is 0 Å². The number of benzene rings is 1. The second-order valence-corrected chi connectivity index (χ2v) is 4.19. The molecule has 0 saturated carbocycles. The second-order valence-electron chi connectivity index (χ2n) is 3.15. The largest absolute Gasteiger partial charge is 0.293 e. The van der Waals surface area contributed by atoms with Crippen LogP contribution in [0.3, 0.4) is 0 Å². The fourth-order valence-corrected chi connectivity index (χ4v) is 2.17. The van der Waals surface area contributed by atoms with Crippen molar-refractivity contribution in [3.63, 3.8) is 0 Å². The summed E-state index contributed by atoms with van der Waals surface area (Å²) in [4.78, 5) is 11.3. The Morgan fingerprint density at radius 1 is 1.13 bits per heavy atom. The SMILES string of the molecule is O=C(CCl)c1ccc(-c2ccsc2)cc1. The first-order chi connectivity index (χ1) is 7.31. The molecule has 0 spiro atoms. The van der Waals surface area contributed by atoms with Crippen molar-refractivity contribution >= 4 is 28.7 Å². The topological polar surface area (TPSA) is 17.1 Å². The number of hydrogen-bond acceptors (Lipinski definition) is 2. The van der Waals surface area contributed by atoms with Gasteiger partial charge in [-0.05, 0) is 28.0 Å². The van der Waals surface area contributed by atoms with Gasteiger partial charge in [-0.25, -0.2) is 0 Å². The fraction of sp³-hybridized carbons (Fsp3) is 0.0833. The van der Waals surface area contributed by atoms with Gasteiger partial charge in [0.25, 0.3) is 0 Å². The Kier molecular flexibility index (Phi) is 3.19. The first-order valence-electron chi connectivity index (χ1n) is 4.53. The molecular weight excluding hydrogens is 228 g/mol. The van der Waals surface area contributed by atoms with Crippen LogP contribution in [0.1, 0.15) is 10.4 Å². The van der Waals surface area contributed by atoms with Crippen molar-refractivity contribution in [3.05, 3.63) is 46.7 Å². The van der Waals surface area contributed by atoms with Crippen molar-refractivity contribution in [2.45, 2.75) is 0 Å². The number of carbonyl (C=O) groups is 1. The van der Waals surface area contributed by atoms with Gasteiger partial charge in [0.15, 0.2) is 5.78 Å². The molecule has 0 atom stereocenters. The molecule has 76 valence electrons. The molecule has 1 nitrogen and oxygen atoms in total. The van der Waals surface area contributed by atoms with Gasteiger partial charge in [-0.1, -0.05) is 24.3 Å². The minimum absolute atomic E-state index is 0.0338. The lowest BCUT2D eigenvalue weighted by Gasteiger charge is -2.00. The molecule has 2 aromatic rings. The van der Waals surface area contributed by atoms with Crippen LogP contribution < -0.4 is 0 Å². The summed E-state index contributed by atoms with van der Waals surface area (Å²) in [5.74, 6) is 0.00572. The number of hydrogen-bond donors (Lipinski definition) is 0. The van der Waals surface area contributed by atoms with E-state index in [9.17, 15) is 4.79 Å². The monoisotopic (exact) mass is 236 g/mol. The maximum absolute atomic E-state index is 11.3. The highest BCUT2D eigenvalue weighted by atomic mass is 35.5. The Hall–Kier alpha value is -1.12. The molecule has 0 N–H and O–H groups in total. The third kappa shape index (κ3) is 2.28. The maximum Gasteiger partial charge on any atom is 0.177 e. The Morgan fingerprint density at radius 3 is 2.40 bits per heavy atom. The summed E-state index contributed by atoms with van der Waals surface area (Å²) in [5.41, 5.74) is 2.98. The summed E-state index contributed by atoms with van der Waals surface area (Å²) in [6, 6.07) is 9.59. The Balaban J connectivity index is 2.29. The van der Waals surface area contributed by atoms with Crippen LogP contribution in [0, 0.1) is 0 Å². The van der Waals surface area contributed by atoms with E-state index in [0.717, 1.165) is 5.56 Å². The van der Waals surface area contributed by atoms with Crippen LogP contribution in [0.15, 0.2) is 41.1 Å². The summed E-state index contributed by atoms with van der Waals surface area (Å²) < 4.78 is 0. The normalized spacial score (nSPS) is 10.2. The first kappa shape index (κ1) is 10.4. The van der Waals surface area contributed by atoms with Crippen molar-refractivity contribution in [2.24, 2.45) is 0 Å². The van der Waals surface area contributed by atoms with Gasteiger partial charge >= 0.3 is 0 Å². The van der Waals surface area contributed by atoms with Gasteiger partial charge in [-0.2, -0.15) is 11.3 Å². The lowest BCUT2D eigenvalue weighted by Crippen LogP contribution is -1.99. The minimum Gasteiger partial charge on any atom is -0.293 e. The van der Waals surface area contributed by atoms with Crippen LogP contribution in [-0.4, -0.2) is 11.7 Å². The highest BCUT2D eigenvalue weighted by molar-refractivity contribution is 7.08. The highest BCUT2D eigenvalue weighted by Crippen LogP contribution is 2.22. The van der Waals surface area contributed by atoms with Crippen LogP contribution >= 0.6 is 22.9 Å². The second kappa shape index (κ2) is 4.60. The average molecular weight is 237 g/mol. The Labute approximate surface area is 97.3 Å². The van der Waals surface area contributed by atoms with E-state index in [0.29, 0.717) is 5.56 Å². The molecule has 1 aromatic heterocycles. The molecule has 1 heterocycles. The molecule has 2 rings (SSSR count). The highest BCUT2D eigenvalue weighted by Gasteiger charge is 2.04. The zero-order chi connectivity index (χ0) is 10.7. The van der Waals surface area contributed by atoms with Gasteiger partial charge < -0.3 is 0 Å². The third-order valence-electron chi connectivity index (χ3n) is 2.18. The van der Waals surface area contributed by atoms with E-state index in [-0.39, 0.29) is 11.7 Å². The molecule has 0 saturated heterocycles. The average Bonchev–Trinajstić information content (AvgIpc) is 2.82. The van der Waals surface area contributed by atoms with Gasteiger partial charge in [-0.3, -0.25) is 4.79 Å². The number of thiophene rings is 1. The van der Waals surface area contributed by atoms with Crippen molar-refractivity contribution in [1.29, 1.82) is 0 Å². The first-order valence-corrected chi connectivity index (χ1v) is 6.01. The molecule has 0 radical (unpaired) electrons. The van der Waals surface area contributed by atoms with E-state index in [1.807, 2.05) is 29.6 Å². The number of Topliss-reactive ketones (excluding diaryl/α,β-unsaturated/α-hetero) is 1. The number of ketones is 1. The zero-order valence-corrected chi connectivity index (χ0v) is 9.52. The summed E-state index contributed by atoms with van der Waals surface area (Å²) in [6.07, 6.45) is 0. The summed E-state index contributed by atoms with van der Waals surface area (Å²) >= 11 is 7.14. The molecule has 0 fully saturated rings. The molecule has 0 bridgehead atoms.